The van der Waals surface area contributed by atoms with Crippen LogP contribution in [0.3, 0.4) is 0 Å². The van der Waals surface area contributed by atoms with Gasteiger partial charge < -0.3 is 28.9 Å². The van der Waals surface area contributed by atoms with Crippen LogP contribution < -0.4 is 46.0 Å². The Balaban J connectivity index is 0.824. The molecule has 0 saturated heterocycles. The third-order valence-electron chi connectivity index (χ3n) is 23.0. The van der Waals surface area contributed by atoms with Crippen LogP contribution in [-0.4, -0.2) is 32.3 Å². The van der Waals surface area contributed by atoms with E-state index in [4.69, 9.17) is 14.2 Å². The zero-order valence-electron chi connectivity index (χ0n) is 56.6. The molecule has 0 saturated carbocycles. The van der Waals surface area contributed by atoms with Crippen molar-refractivity contribution >= 4 is 70.4 Å². The summed E-state index contributed by atoms with van der Waals surface area (Å²) < 4.78 is 21.4. The molecule has 468 valence electrons. The van der Waals surface area contributed by atoms with Crippen molar-refractivity contribution in [2.75, 3.05) is 14.7 Å². The minimum Gasteiger partial charge on any atom is -0.487 e. The van der Waals surface area contributed by atoms with Gasteiger partial charge in [-0.3, -0.25) is 0 Å². The van der Waals surface area contributed by atoms with Crippen molar-refractivity contribution in [2.45, 2.75) is 119 Å². The first-order chi connectivity index (χ1) is 46.7. The lowest BCUT2D eigenvalue weighted by molar-refractivity contribution is 0.150. The van der Waals surface area contributed by atoms with E-state index in [0.717, 1.165) is 61.5 Å². The Morgan fingerprint density at radius 3 is 1.73 bits per heavy atom. The number of hydrogen-bond donors (Lipinski definition) is 0. The average molecular weight is 1250 g/mol. The fraction of sp³-hybridized carbons (Fsp3) is 0.241. The number of rotatable bonds is 6. The van der Waals surface area contributed by atoms with Gasteiger partial charge in [-0.2, -0.15) is 0 Å². The van der Waals surface area contributed by atoms with Crippen LogP contribution in [0.4, 0.5) is 28.4 Å². The highest BCUT2D eigenvalue weighted by atomic mass is 16.5. The molecule has 11 aliphatic rings. The van der Waals surface area contributed by atoms with E-state index in [1.165, 1.54) is 162 Å². The molecule has 0 spiro atoms. The van der Waals surface area contributed by atoms with Gasteiger partial charge >= 0.3 is 0 Å². The maximum absolute atomic E-state index is 7.18. The predicted molar refractivity (Wildman–Crippen MR) is 399 cm³/mol. The number of aryl methyl sites for hydroxylation is 5. The van der Waals surface area contributed by atoms with Crippen molar-refractivity contribution < 1.29 is 14.2 Å². The van der Waals surface area contributed by atoms with E-state index in [2.05, 4.69) is 277 Å². The highest BCUT2D eigenvalue weighted by Gasteiger charge is 2.51. The molecule has 6 unspecified atom stereocenters. The van der Waals surface area contributed by atoms with E-state index in [1.54, 1.807) is 0 Å². The van der Waals surface area contributed by atoms with Crippen molar-refractivity contribution in [3.05, 3.63) is 301 Å². The van der Waals surface area contributed by atoms with E-state index < -0.39 is 0 Å². The van der Waals surface area contributed by atoms with Gasteiger partial charge in [0.1, 0.15) is 35.2 Å². The molecule has 6 aliphatic heterocycles. The van der Waals surface area contributed by atoms with Crippen molar-refractivity contribution in [1.29, 1.82) is 0 Å². The molecule has 0 fully saturated rings. The third-order valence-corrected chi connectivity index (χ3v) is 23.0. The predicted octanol–water partition coefficient (Wildman–Crippen LogP) is 18.0. The molecule has 0 N–H and O–H groups in total. The van der Waals surface area contributed by atoms with Crippen LogP contribution in [0.1, 0.15) is 106 Å². The summed E-state index contributed by atoms with van der Waals surface area (Å²) in [5, 5.41) is 0. The smallest absolute Gasteiger partial charge is 0.251 e. The summed E-state index contributed by atoms with van der Waals surface area (Å²) in [7, 11) is 0. The molecular formula is C87H78B3N3O3. The SMILES string of the molecule is CC1=CC2=C3B(C4=C(C=CC(C)C4)OC3C1)c1cc(-c3cc(-c4ccc5c(c4)B4C6=C(CC(C)CC6Oc6ccc(C)cc64)N5c4ccc(C)cc4)cc(C4C=CC5=C(C4)B4C6=C(CC(C)C=C6Oc6ccc(C)cc64)N5c4ccc(C)cc4)c3)ccc1N2c1ccc(C)cc1. The third kappa shape index (κ3) is 9.07. The molecule has 6 nitrogen and oxygen atoms in total. The Hall–Kier alpha value is -9.59. The Bertz CT molecular complexity index is 5040. The highest BCUT2D eigenvalue weighted by Crippen LogP contribution is 2.53. The molecule has 6 atom stereocenters. The molecule has 19 rings (SSSR count). The van der Waals surface area contributed by atoms with Gasteiger partial charge in [-0.15, -0.1) is 0 Å². The van der Waals surface area contributed by atoms with Crippen LogP contribution in [0.25, 0.3) is 22.3 Å². The fourth-order valence-corrected chi connectivity index (χ4v) is 18.6. The first-order valence-corrected chi connectivity index (χ1v) is 35.4. The van der Waals surface area contributed by atoms with Gasteiger partial charge in [0.05, 0.1) is 0 Å². The first kappa shape index (κ1) is 57.8. The number of hydrogen-bond acceptors (Lipinski definition) is 6. The van der Waals surface area contributed by atoms with Gasteiger partial charge in [0.2, 0.25) is 6.71 Å². The van der Waals surface area contributed by atoms with Crippen LogP contribution in [-0.2, 0) is 4.74 Å². The molecule has 0 amide bonds. The Kier molecular flexibility index (Phi) is 13.1. The van der Waals surface area contributed by atoms with Crippen molar-refractivity contribution in [3.63, 3.8) is 0 Å². The lowest BCUT2D eigenvalue weighted by Gasteiger charge is -2.47. The van der Waals surface area contributed by atoms with Gasteiger partial charge in [-0.1, -0.05) is 169 Å². The summed E-state index contributed by atoms with van der Waals surface area (Å²) in [4.78, 5) is 7.76. The molecule has 8 aromatic rings. The number of benzene rings is 8. The van der Waals surface area contributed by atoms with Crippen molar-refractivity contribution in [3.8, 4) is 33.8 Å². The number of fused-ring (bicyclic) bond motifs is 10. The quantitative estimate of drug-likeness (QED) is 0.155. The molecule has 96 heavy (non-hydrogen) atoms. The molecule has 0 radical (unpaired) electrons. The molecular weight excluding hydrogens is 1170 g/mol. The number of allylic oxidation sites excluding steroid dienone is 11. The van der Waals surface area contributed by atoms with Crippen LogP contribution >= 0.6 is 0 Å². The topological polar surface area (TPSA) is 37.4 Å². The second-order valence-electron chi connectivity index (χ2n) is 30.2. The van der Waals surface area contributed by atoms with E-state index in [1.807, 2.05) is 0 Å². The second kappa shape index (κ2) is 21.7. The fourth-order valence-electron chi connectivity index (χ4n) is 18.6. The summed E-state index contributed by atoms with van der Waals surface area (Å²) in [6.07, 6.45) is 20.1. The van der Waals surface area contributed by atoms with Crippen molar-refractivity contribution in [1.82, 2.24) is 0 Å². The Morgan fingerprint density at radius 2 is 1.04 bits per heavy atom. The lowest BCUT2D eigenvalue weighted by atomic mass is 9.30. The van der Waals surface area contributed by atoms with E-state index in [9.17, 15) is 0 Å². The summed E-state index contributed by atoms with van der Waals surface area (Å²) in [5.74, 6) is 5.33. The largest absolute Gasteiger partial charge is 0.487 e. The molecule has 0 bridgehead atoms. The normalized spacial score (nSPS) is 23.0. The van der Waals surface area contributed by atoms with Gasteiger partial charge in [-0.05, 0) is 254 Å². The van der Waals surface area contributed by atoms with Crippen LogP contribution in [0.5, 0.6) is 11.5 Å². The molecule has 0 aromatic heterocycles. The van der Waals surface area contributed by atoms with Gasteiger partial charge in [0.25, 0.3) is 13.4 Å². The van der Waals surface area contributed by atoms with Crippen LogP contribution in [0.15, 0.2) is 267 Å². The summed E-state index contributed by atoms with van der Waals surface area (Å²) in [5.41, 5.74) is 37.4. The highest BCUT2D eigenvalue weighted by molar-refractivity contribution is 6.93. The molecule has 8 aromatic carbocycles. The second-order valence-corrected chi connectivity index (χ2v) is 30.2. The zero-order chi connectivity index (χ0) is 64.7. The zero-order valence-corrected chi connectivity index (χ0v) is 56.6. The minimum atomic E-state index is -0.0517. The molecule has 9 heteroatoms. The number of ether oxygens (including phenoxy) is 3. The summed E-state index contributed by atoms with van der Waals surface area (Å²) in [6, 6.07) is 63.8. The van der Waals surface area contributed by atoms with E-state index in [0.29, 0.717) is 17.8 Å². The Labute approximate surface area is 567 Å². The lowest BCUT2D eigenvalue weighted by Crippen LogP contribution is -2.59. The van der Waals surface area contributed by atoms with E-state index >= 15 is 0 Å². The van der Waals surface area contributed by atoms with Crippen LogP contribution in [0, 0.1) is 52.4 Å². The Morgan fingerprint density at radius 1 is 0.427 bits per heavy atom. The summed E-state index contributed by atoms with van der Waals surface area (Å²) >= 11 is 0. The number of anilines is 5. The van der Waals surface area contributed by atoms with Crippen molar-refractivity contribution in [2.24, 2.45) is 17.8 Å². The monoisotopic (exact) mass is 1250 g/mol. The molecule has 6 heterocycles. The standard InChI is InChI=1S/C87H78B3N3O3/c1-49-10-22-64(23-11-49)91-73-28-19-58(46-67(73)88-70-34-52(4)16-31-79(70)94-82-40-55(7)37-76(91)85(82)88)61-43-62(59-20-29-74-68(47-59)89-71-35-53(5)17-32-80(71)95-83-41-56(8)38-77(86(83)89)92(74)65-24-12-50(2)13-25-65)45-63(44-61)60-21-30-75-69(48-60)90-72-36-54(6)18-33-81(72)96-84-42-57(9)39-78(87(84)90)93(75)66-26-14-51(3)15-27-66/h10-35,39-40,43-45,47-48,54-56,58,83-84H,36-38,41-42,46H2,1-9H3. The van der Waals surface area contributed by atoms with Gasteiger partial charge in [0, 0.05) is 63.6 Å². The summed E-state index contributed by atoms with van der Waals surface area (Å²) in [6.45, 7) is 20.6. The van der Waals surface area contributed by atoms with Crippen LogP contribution in [0.2, 0.25) is 0 Å². The average Bonchev–Trinajstić information content (AvgIpc) is 0.722. The molecule has 5 aliphatic carbocycles. The first-order valence-electron chi connectivity index (χ1n) is 35.4. The van der Waals surface area contributed by atoms with E-state index in [-0.39, 0.29) is 38.3 Å². The number of nitrogens with zero attached hydrogens (tertiary/aromatic N) is 3. The minimum absolute atomic E-state index is 0.0122. The van der Waals surface area contributed by atoms with Gasteiger partial charge in [-0.25, -0.2) is 0 Å². The van der Waals surface area contributed by atoms with Gasteiger partial charge in [0.15, 0.2) is 0 Å². The maximum atomic E-state index is 7.18. The maximum Gasteiger partial charge on any atom is 0.251 e.